The van der Waals surface area contributed by atoms with Crippen LogP contribution in [0.3, 0.4) is 0 Å². The van der Waals surface area contributed by atoms with Gasteiger partial charge in [-0.2, -0.15) is 0 Å². The number of amides is 1. The third-order valence-electron chi connectivity index (χ3n) is 5.29. The Balaban J connectivity index is 2.25. The molecule has 0 atom stereocenters. The zero-order valence-electron chi connectivity index (χ0n) is 19.5. The molecule has 2 aromatic heterocycles. The number of unbranched alkanes of at least 4 members (excludes halogenated alkanes) is 1. The van der Waals surface area contributed by atoms with Crippen LogP contribution in [0, 0.1) is 11.8 Å². The van der Waals surface area contributed by atoms with Crippen LogP contribution < -0.4 is 10.3 Å². The lowest BCUT2D eigenvalue weighted by Crippen LogP contribution is -2.36. The van der Waals surface area contributed by atoms with Crippen molar-refractivity contribution in [3.8, 4) is 5.75 Å². The van der Waals surface area contributed by atoms with Gasteiger partial charge in [0.05, 0.1) is 16.8 Å². The van der Waals surface area contributed by atoms with Crippen molar-refractivity contribution >= 4 is 38.2 Å². The SMILES string of the molecule is CCCCOc1c(C(=O)N(CC(C)C)CC(C)C)sc2c1c(=O)n(C)c1ccccc21. The third kappa shape index (κ3) is 4.79. The minimum atomic E-state index is -0.116. The van der Waals surface area contributed by atoms with Crippen molar-refractivity contribution in [3.05, 3.63) is 39.5 Å². The van der Waals surface area contributed by atoms with E-state index >= 15 is 0 Å². The average Bonchev–Trinajstić information content (AvgIpc) is 3.10. The molecule has 0 aliphatic heterocycles. The van der Waals surface area contributed by atoms with Crippen molar-refractivity contribution in [1.29, 1.82) is 0 Å². The molecule has 1 amide bonds. The highest BCUT2D eigenvalue weighted by Crippen LogP contribution is 2.40. The van der Waals surface area contributed by atoms with E-state index in [-0.39, 0.29) is 11.5 Å². The Morgan fingerprint density at radius 2 is 1.77 bits per heavy atom. The van der Waals surface area contributed by atoms with Crippen LogP contribution in [0.1, 0.15) is 57.1 Å². The topological polar surface area (TPSA) is 51.5 Å². The number of pyridine rings is 1. The zero-order chi connectivity index (χ0) is 22.7. The Morgan fingerprint density at radius 1 is 1.13 bits per heavy atom. The van der Waals surface area contributed by atoms with E-state index in [1.165, 1.54) is 11.3 Å². The van der Waals surface area contributed by atoms with Crippen LogP contribution in [0.4, 0.5) is 0 Å². The number of aryl methyl sites for hydroxylation is 1. The smallest absolute Gasteiger partial charge is 0.267 e. The second-order valence-electron chi connectivity index (χ2n) is 9.05. The summed E-state index contributed by atoms with van der Waals surface area (Å²) in [5.41, 5.74) is 0.747. The number of para-hydroxylation sites is 1. The highest BCUT2D eigenvalue weighted by molar-refractivity contribution is 7.22. The molecular formula is C25H34N2O3S. The van der Waals surface area contributed by atoms with E-state index in [1.54, 1.807) is 11.6 Å². The van der Waals surface area contributed by atoms with Crippen molar-refractivity contribution in [2.24, 2.45) is 18.9 Å². The summed E-state index contributed by atoms with van der Waals surface area (Å²) in [6.45, 7) is 12.4. The minimum Gasteiger partial charge on any atom is -0.491 e. The van der Waals surface area contributed by atoms with Gasteiger partial charge < -0.3 is 14.2 Å². The molecule has 31 heavy (non-hydrogen) atoms. The maximum atomic E-state index is 13.7. The van der Waals surface area contributed by atoms with Gasteiger partial charge in [0.15, 0.2) is 5.75 Å². The maximum Gasteiger partial charge on any atom is 0.267 e. The molecule has 3 aromatic rings. The summed E-state index contributed by atoms with van der Waals surface area (Å²) in [6, 6.07) is 7.85. The van der Waals surface area contributed by atoms with Crippen LogP contribution in [0.15, 0.2) is 29.1 Å². The standard InChI is InChI=1S/C25H34N2O3S/c1-7-8-13-30-21-20-22(18-11-9-10-12-19(18)26(6)24(20)28)31-23(21)25(29)27(14-16(2)3)15-17(4)5/h9-12,16-17H,7-8,13-15H2,1-6H3. The third-order valence-corrected chi connectivity index (χ3v) is 6.48. The summed E-state index contributed by atoms with van der Waals surface area (Å²) in [7, 11) is 1.78. The van der Waals surface area contributed by atoms with Crippen LogP contribution in [-0.2, 0) is 7.05 Å². The second-order valence-corrected chi connectivity index (χ2v) is 10.1. The van der Waals surface area contributed by atoms with Gasteiger partial charge in [-0.1, -0.05) is 59.2 Å². The summed E-state index contributed by atoms with van der Waals surface area (Å²) in [6.07, 6.45) is 1.86. The number of aromatic nitrogens is 1. The molecule has 0 spiro atoms. The number of hydrogen-bond donors (Lipinski definition) is 0. The van der Waals surface area contributed by atoms with E-state index in [4.69, 9.17) is 4.74 Å². The fourth-order valence-electron chi connectivity index (χ4n) is 3.90. The number of nitrogens with zero attached hydrogens (tertiary/aromatic N) is 2. The molecule has 2 heterocycles. The number of fused-ring (bicyclic) bond motifs is 3. The summed E-state index contributed by atoms with van der Waals surface area (Å²) in [4.78, 5) is 29.5. The number of carbonyl (C=O) groups excluding carboxylic acids is 1. The lowest BCUT2D eigenvalue weighted by Gasteiger charge is -2.26. The predicted octanol–water partition coefficient (Wildman–Crippen LogP) is 5.69. The van der Waals surface area contributed by atoms with Gasteiger partial charge in [-0.3, -0.25) is 9.59 Å². The van der Waals surface area contributed by atoms with E-state index in [1.807, 2.05) is 29.2 Å². The highest BCUT2D eigenvalue weighted by atomic mass is 32.1. The number of hydrogen-bond acceptors (Lipinski definition) is 4. The van der Waals surface area contributed by atoms with E-state index < -0.39 is 0 Å². The normalized spacial score (nSPS) is 11.7. The quantitative estimate of drug-likeness (QED) is 0.400. The van der Waals surface area contributed by atoms with Crippen LogP contribution in [-0.4, -0.2) is 35.1 Å². The van der Waals surface area contributed by atoms with Gasteiger partial charge in [0.1, 0.15) is 10.3 Å². The predicted molar refractivity (Wildman–Crippen MR) is 131 cm³/mol. The molecule has 6 heteroatoms. The highest BCUT2D eigenvalue weighted by Gasteiger charge is 2.28. The Bertz CT molecular complexity index is 1120. The monoisotopic (exact) mass is 442 g/mol. The van der Waals surface area contributed by atoms with E-state index in [2.05, 4.69) is 34.6 Å². The molecule has 0 N–H and O–H groups in total. The zero-order valence-corrected chi connectivity index (χ0v) is 20.3. The second kappa shape index (κ2) is 9.86. The molecule has 0 radical (unpaired) electrons. The van der Waals surface area contributed by atoms with Crippen LogP contribution >= 0.6 is 11.3 Å². The first kappa shape index (κ1) is 23.3. The Morgan fingerprint density at radius 3 is 2.39 bits per heavy atom. The molecule has 0 aliphatic rings. The first-order valence-corrected chi connectivity index (χ1v) is 12.0. The number of rotatable bonds is 9. The molecule has 5 nitrogen and oxygen atoms in total. The van der Waals surface area contributed by atoms with Gasteiger partial charge in [0.2, 0.25) is 0 Å². The molecular weight excluding hydrogens is 408 g/mol. The lowest BCUT2D eigenvalue weighted by atomic mass is 10.1. The van der Waals surface area contributed by atoms with Crippen LogP contribution in [0.25, 0.3) is 21.0 Å². The summed E-state index contributed by atoms with van der Waals surface area (Å²) in [5, 5.41) is 1.50. The number of thiophene rings is 1. The summed E-state index contributed by atoms with van der Waals surface area (Å²) in [5.74, 6) is 1.13. The number of benzene rings is 1. The van der Waals surface area contributed by atoms with Crippen molar-refractivity contribution in [3.63, 3.8) is 0 Å². The molecule has 0 fully saturated rings. The van der Waals surface area contributed by atoms with Gasteiger partial charge in [-0.05, 0) is 24.3 Å². The van der Waals surface area contributed by atoms with Crippen molar-refractivity contribution in [2.45, 2.75) is 47.5 Å². The van der Waals surface area contributed by atoms with Gasteiger partial charge in [-0.25, -0.2) is 0 Å². The van der Waals surface area contributed by atoms with Gasteiger partial charge in [0, 0.05) is 25.5 Å². The van der Waals surface area contributed by atoms with Gasteiger partial charge >= 0.3 is 0 Å². The van der Waals surface area contributed by atoms with Crippen LogP contribution in [0.5, 0.6) is 5.75 Å². The number of ether oxygens (including phenoxy) is 1. The molecule has 0 unspecified atom stereocenters. The Hall–Kier alpha value is -2.34. The minimum absolute atomic E-state index is 0.0405. The van der Waals surface area contributed by atoms with Crippen LogP contribution in [0.2, 0.25) is 0 Å². The van der Waals surface area contributed by atoms with Gasteiger partial charge in [0.25, 0.3) is 11.5 Å². The largest absolute Gasteiger partial charge is 0.491 e. The van der Waals surface area contributed by atoms with Gasteiger partial charge in [-0.15, -0.1) is 11.3 Å². The first-order chi connectivity index (χ1) is 14.8. The molecule has 0 bridgehead atoms. The molecule has 1 aromatic carbocycles. The maximum absolute atomic E-state index is 13.7. The molecule has 0 aliphatic carbocycles. The van der Waals surface area contributed by atoms with Crippen molar-refractivity contribution in [2.75, 3.05) is 19.7 Å². The molecule has 3 rings (SSSR count). The fourth-order valence-corrected chi connectivity index (χ4v) is 5.14. The summed E-state index contributed by atoms with van der Waals surface area (Å²) < 4.78 is 8.64. The Labute approximate surface area is 188 Å². The molecule has 0 saturated heterocycles. The Kier molecular flexibility index (Phi) is 7.42. The fraction of sp³-hybridized carbons (Fsp3) is 0.520. The average molecular weight is 443 g/mol. The van der Waals surface area contributed by atoms with Crippen molar-refractivity contribution < 1.29 is 9.53 Å². The first-order valence-electron chi connectivity index (χ1n) is 11.2. The lowest BCUT2D eigenvalue weighted by molar-refractivity contribution is 0.0716. The molecule has 0 saturated carbocycles. The van der Waals surface area contributed by atoms with E-state index in [9.17, 15) is 9.59 Å². The summed E-state index contributed by atoms with van der Waals surface area (Å²) >= 11 is 1.40. The van der Waals surface area contributed by atoms with Crippen molar-refractivity contribution in [1.82, 2.24) is 9.47 Å². The molecule has 168 valence electrons. The van der Waals surface area contributed by atoms with E-state index in [0.717, 1.165) is 28.4 Å². The van der Waals surface area contributed by atoms with E-state index in [0.29, 0.717) is 47.5 Å². The number of carbonyl (C=O) groups is 1.